The first-order chi connectivity index (χ1) is 11.6. The van der Waals surface area contributed by atoms with Crippen molar-refractivity contribution in [1.82, 2.24) is 19.8 Å². The highest BCUT2D eigenvalue weighted by molar-refractivity contribution is 7.99. The Balaban J connectivity index is 1.66. The number of nitrogens with one attached hydrogen (secondary N) is 1. The molecular weight excluding hydrogens is 322 g/mol. The van der Waals surface area contributed by atoms with Gasteiger partial charge in [-0.05, 0) is 49.6 Å². The summed E-state index contributed by atoms with van der Waals surface area (Å²) in [6.07, 6.45) is 0.982. The molecule has 3 aromatic rings. The number of benzene rings is 1. The van der Waals surface area contributed by atoms with Crippen molar-refractivity contribution >= 4 is 29.0 Å². The summed E-state index contributed by atoms with van der Waals surface area (Å²) in [4.78, 5) is 12.1. The van der Waals surface area contributed by atoms with Crippen molar-refractivity contribution in [1.29, 1.82) is 0 Å². The standard InChI is InChI=1S/C17H19N5OS/c1-4-13-5-7-14(8-6-13)18-15(23)10-24-17-20-19-16-11(2)9-12(3)21-22(16)17/h5-9H,4,10H2,1-3H3,(H,18,23). The van der Waals surface area contributed by atoms with Crippen molar-refractivity contribution in [2.45, 2.75) is 32.3 Å². The topological polar surface area (TPSA) is 72.2 Å². The number of amides is 1. The first-order valence-electron chi connectivity index (χ1n) is 7.78. The van der Waals surface area contributed by atoms with Crippen molar-refractivity contribution in [3.8, 4) is 0 Å². The number of aryl methyl sites for hydroxylation is 3. The van der Waals surface area contributed by atoms with E-state index < -0.39 is 0 Å². The van der Waals surface area contributed by atoms with Gasteiger partial charge in [-0.3, -0.25) is 4.79 Å². The largest absolute Gasteiger partial charge is 0.325 e. The minimum Gasteiger partial charge on any atom is -0.325 e. The fraction of sp³-hybridized carbons (Fsp3) is 0.294. The maximum atomic E-state index is 12.1. The van der Waals surface area contributed by atoms with Crippen LogP contribution in [-0.4, -0.2) is 31.5 Å². The maximum absolute atomic E-state index is 12.1. The number of carbonyl (C=O) groups excluding carboxylic acids is 1. The van der Waals surface area contributed by atoms with Crippen LogP contribution < -0.4 is 5.32 Å². The molecule has 6 nitrogen and oxygen atoms in total. The third-order valence-corrected chi connectivity index (χ3v) is 4.55. The summed E-state index contributed by atoms with van der Waals surface area (Å²) in [6, 6.07) is 9.84. The van der Waals surface area contributed by atoms with Crippen molar-refractivity contribution in [3.05, 3.63) is 47.2 Å². The molecule has 2 heterocycles. The molecule has 0 radical (unpaired) electrons. The average Bonchev–Trinajstić information content (AvgIpc) is 2.97. The second-order valence-electron chi connectivity index (χ2n) is 5.57. The molecule has 0 fully saturated rings. The summed E-state index contributed by atoms with van der Waals surface area (Å²) in [7, 11) is 0. The minimum atomic E-state index is -0.0784. The molecule has 3 rings (SSSR count). The Morgan fingerprint density at radius 3 is 2.67 bits per heavy atom. The molecule has 1 N–H and O–H groups in total. The normalized spacial score (nSPS) is 11.0. The Morgan fingerprint density at radius 2 is 1.96 bits per heavy atom. The predicted octanol–water partition coefficient (Wildman–Crippen LogP) is 3.03. The van der Waals surface area contributed by atoms with Crippen molar-refractivity contribution in [2.24, 2.45) is 0 Å². The van der Waals surface area contributed by atoms with E-state index in [0.717, 1.165) is 29.0 Å². The molecular formula is C17H19N5OS. The Labute approximate surface area is 144 Å². The smallest absolute Gasteiger partial charge is 0.234 e. The zero-order chi connectivity index (χ0) is 17.1. The van der Waals surface area contributed by atoms with Crippen LogP contribution in [0.5, 0.6) is 0 Å². The number of fused-ring (bicyclic) bond motifs is 1. The van der Waals surface area contributed by atoms with Gasteiger partial charge in [0.2, 0.25) is 11.1 Å². The van der Waals surface area contributed by atoms with Crippen LogP contribution in [0, 0.1) is 13.8 Å². The van der Waals surface area contributed by atoms with Gasteiger partial charge in [-0.15, -0.1) is 10.2 Å². The van der Waals surface area contributed by atoms with E-state index in [4.69, 9.17) is 0 Å². The summed E-state index contributed by atoms with van der Waals surface area (Å²) in [5.41, 5.74) is 4.67. The van der Waals surface area contributed by atoms with E-state index in [-0.39, 0.29) is 11.7 Å². The number of nitrogens with zero attached hydrogens (tertiary/aromatic N) is 4. The zero-order valence-electron chi connectivity index (χ0n) is 13.9. The van der Waals surface area contributed by atoms with Crippen LogP contribution in [0.15, 0.2) is 35.5 Å². The van der Waals surface area contributed by atoms with Crippen molar-refractivity contribution < 1.29 is 4.79 Å². The monoisotopic (exact) mass is 341 g/mol. The Morgan fingerprint density at radius 1 is 1.21 bits per heavy atom. The highest BCUT2D eigenvalue weighted by atomic mass is 32.2. The average molecular weight is 341 g/mol. The summed E-state index contributed by atoms with van der Waals surface area (Å²) in [5, 5.41) is 16.2. The fourth-order valence-electron chi connectivity index (χ4n) is 2.41. The van der Waals surface area contributed by atoms with E-state index in [0.29, 0.717) is 5.16 Å². The molecule has 124 valence electrons. The second kappa shape index (κ2) is 7.00. The number of thioether (sulfide) groups is 1. The first-order valence-corrected chi connectivity index (χ1v) is 8.76. The van der Waals surface area contributed by atoms with Crippen LogP contribution in [0.2, 0.25) is 0 Å². The van der Waals surface area contributed by atoms with Crippen LogP contribution in [0.3, 0.4) is 0 Å². The van der Waals surface area contributed by atoms with Crippen LogP contribution in [-0.2, 0) is 11.2 Å². The van der Waals surface area contributed by atoms with Gasteiger partial charge in [0.1, 0.15) is 0 Å². The van der Waals surface area contributed by atoms with E-state index in [1.165, 1.54) is 17.3 Å². The second-order valence-corrected chi connectivity index (χ2v) is 6.52. The molecule has 0 aliphatic carbocycles. The molecule has 0 saturated carbocycles. The molecule has 0 saturated heterocycles. The number of carbonyl (C=O) groups is 1. The summed E-state index contributed by atoms with van der Waals surface area (Å²) >= 11 is 1.32. The summed E-state index contributed by atoms with van der Waals surface area (Å²) in [5.74, 6) is 0.177. The molecule has 1 amide bonds. The van der Waals surface area contributed by atoms with Gasteiger partial charge in [0.05, 0.1) is 11.4 Å². The molecule has 0 bridgehead atoms. The molecule has 0 atom stereocenters. The molecule has 0 aliphatic heterocycles. The Kier molecular flexibility index (Phi) is 4.80. The lowest BCUT2D eigenvalue weighted by atomic mass is 10.1. The number of hydrogen-bond donors (Lipinski definition) is 1. The van der Waals surface area contributed by atoms with Gasteiger partial charge in [0.15, 0.2) is 5.65 Å². The van der Waals surface area contributed by atoms with Crippen LogP contribution in [0.1, 0.15) is 23.7 Å². The van der Waals surface area contributed by atoms with E-state index in [2.05, 4.69) is 27.5 Å². The van der Waals surface area contributed by atoms with Gasteiger partial charge in [-0.2, -0.15) is 9.61 Å². The molecule has 0 unspecified atom stereocenters. The maximum Gasteiger partial charge on any atom is 0.234 e. The van der Waals surface area contributed by atoms with Crippen LogP contribution in [0.25, 0.3) is 5.65 Å². The van der Waals surface area contributed by atoms with Gasteiger partial charge in [-0.25, -0.2) is 0 Å². The predicted molar refractivity (Wildman–Crippen MR) is 95.4 cm³/mol. The van der Waals surface area contributed by atoms with E-state index in [1.54, 1.807) is 4.52 Å². The van der Waals surface area contributed by atoms with E-state index in [9.17, 15) is 4.79 Å². The molecule has 2 aromatic heterocycles. The summed E-state index contributed by atoms with van der Waals surface area (Å²) < 4.78 is 1.69. The highest BCUT2D eigenvalue weighted by Crippen LogP contribution is 2.19. The number of hydrogen-bond acceptors (Lipinski definition) is 5. The van der Waals surface area contributed by atoms with Gasteiger partial charge >= 0.3 is 0 Å². The van der Waals surface area contributed by atoms with Crippen LogP contribution >= 0.6 is 11.8 Å². The highest BCUT2D eigenvalue weighted by Gasteiger charge is 2.12. The third kappa shape index (κ3) is 3.56. The SMILES string of the molecule is CCc1ccc(NC(=O)CSc2nnc3c(C)cc(C)nn23)cc1. The van der Waals surface area contributed by atoms with Crippen LogP contribution in [0.4, 0.5) is 5.69 Å². The zero-order valence-corrected chi connectivity index (χ0v) is 14.7. The molecule has 0 aliphatic rings. The minimum absolute atomic E-state index is 0.0784. The van der Waals surface area contributed by atoms with Gasteiger partial charge in [0, 0.05) is 5.69 Å². The van der Waals surface area contributed by atoms with Gasteiger partial charge < -0.3 is 5.32 Å². The Bertz CT molecular complexity index is 873. The lowest BCUT2D eigenvalue weighted by Crippen LogP contribution is -2.14. The first kappa shape index (κ1) is 16.4. The van der Waals surface area contributed by atoms with E-state index in [1.807, 2.05) is 44.2 Å². The molecule has 7 heteroatoms. The van der Waals surface area contributed by atoms with Crippen molar-refractivity contribution in [3.63, 3.8) is 0 Å². The van der Waals surface area contributed by atoms with Gasteiger partial charge in [0.25, 0.3) is 0 Å². The molecule has 1 aromatic carbocycles. The van der Waals surface area contributed by atoms with Gasteiger partial charge in [-0.1, -0.05) is 30.8 Å². The number of anilines is 1. The molecule has 24 heavy (non-hydrogen) atoms. The number of aromatic nitrogens is 4. The third-order valence-electron chi connectivity index (χ3n) is 3.63. The lowest BCUT2D eigenvalue weighted by molar-refractivity contribution is -0.113. The quantitative estimate of drug-likeness (QED) is 0.722. The van der Waals surface area contributed by atoms with E-state index >= 15 is 0 Å². The number of rotatable bonds is 5. The lowest BCUT2D eigenvalue weighted by Gasteiger charge is -2.05. The molecule has 0 spiro atoms. The fourth-order valence-corrected chi connectivity index (χ4v) is 3.09. The summed E-state index contributed by atoms with van der Waals surface area (Å²) in [6.45, 7) is 6.00. The Hall–Kier alpha value is -2.41. The van der Waals surface area contributed by atoms with Crippen molar-refractivity contribution in [2.75, 3.05) is 11.1 Å².